The molecule has 0 bridgehead atoms. The molecule has 41 heavy (non-hydrogen) atoms. The number of hydrogen-bond acceptors (Lipinski definition) is 5. The van der Waals surface area contributed by atoms with Crippen LogP contribution in [0.2, 0.25) is 0 Å². The molecule has 0 amide bonds. The summed E-state index contributed by atoms with van der Waals surface area (Å²) in [5.74, 6) is 11.6. The molecule has 3 rings (SSSR count). The molecular weight excluding hydrogens is 512 g/mol. The predicted molar refractivity (Wildman–Crippen MR) is 164 cm³/mol. The highest BCUT2D eigenvalue weighted by molar-refractivity contribution is 6.06. The third kappa shape index (κ3) is 9.32. The van der Waals surface area contributed by atoms with Gasteiger partial charge >= 0.3 is 0 Å². The first-order valence-corrected chi connectivity index (χ1v) is 14.6. The van der Waals surface area contributed by atoms with Gasteiger partial charge in [-0.2, -0.15) is 0 Å². The van der Waals surface area contributed by atoms with Crippen LogP contribution in [0.5, 0.6) is 5.75 Å². The van der Waals surface area contributed by atoms with Crippen molar-refractivity contribution in [2.24, 2.45) is 0 Å². The lowest BCUT2D eigenvalue weighted by molar-refractivity contribution is -0.112. The molecule has 0 saturated carbocycles. The average Bonchev–Trinajstić information content (AvgIpc) is 2.96. The van der Waals surface area contributed by atoms with E-state index in [1.165, 1.54) is 36.5 Å². The van der Waals surface area contributed by atoms with E-state index in [2.05, 4.69) is 30.6 Å². The summed E-state index contributed by atoms with van der Waals surface area (Å²) in [6, 6.07) is 5.26. The largest absolute Gasteiger partial charge is 0.508 e. The van der Waals surface area contributed by atoms with Crippen LogP contribution in [0.1, 0.15) is 83.3 Å². The molecule has 1 aromatic rings. The molecule has 0 aromatic heterocycles. The number of carbonyl (C=O) groups is 2. The van der Waals surface area contributed by atoms with Crippen LogP contribution < -0.4 is 0 Å². The highest BCUT2D eigenvalue weighted by atomic mass is 16.3. The van der Waals surface area contributed by atoms with Gasteiger partial charge in [-0.3, -0.25) is 9.59 Å². The van der Waals surface area contributed by atoms with E-state index >= 15 is 0 Å². The number of phenols is 1. The molecule has 0 heterocycles. The number of allylic oxidation sites excluding steroid dienone is 5. The summed E-state index contributed by atoms with van der Waals surface area (Å²) in [5.41, 5.74) is -0.334. The third-order valence-electron chi connectivity index (χ3n) is 7.01. The minimum absolute atomic E-state index is 0.129. The van der Waals surface area contributed by atoms with Gasteiger partial charge in [0.05, 0.1) is 5.57 Å². The van der Waals surface area contributed by atoms with E-state index in [1.54, 1.807) is 18.2 Å². The minimum atomic E-state index is -1.64. The van der Waals surface area contributed by atoms with Crippen molar-refractivity contribution < 1.29 is 24.9 Å². The van der Waals surface area contributed by atoms with Crippen molar-refractivity contribution >= 4 is 17.6 Å². The summed E-state index contributed by atoms with van der Waals surface area (Å²) in [4.78, 5) is 24.6. The lowest BCUT2D eigenvalue weighted by Crippen LogP contribution is -2.26. The van der Waals surface area contributed by atoms with Crippen molar-refractivity contribution in [3.63, 3.8) is 0 Å². The summed E-state index contributed by atoms with van der Waals surface area (Å²) in [7, 11) is 0. The zero-order valence-corrected chi connectivity index (χ0v) is 24.3. The number of aromatic hydroxyl groups is 1. The van der Waals surface area contributed by atoms with E-state index in [9.17, 15) is 24.9 Å². The number of unbranched alkanes of at least 4 members (excludes halogenated alkanes) is 3. The minimum Gasteiger partial charge on any atom is -0.508 e. The van der Waals surface area contributed by atoms with Crippen molar-refractivity contribution in [1.29, 1.82) is 0 Å². The van der Waals surface area contributed by atoms with Crippen LogP contribution in [0.3, 0.4) is 0 Å². The Morgan fingerprint density at radius 2 is 1.27 bits per heavy atom. The molecule has 0 radical (unpaired) electrons. The van der Waals surface area contributed by atoms with E-state index < -0.39 is 11.2 Å². The molecule has 3 N–H and O–H groups in total. The van der Waals surface area contributed by atoms with Gasteiger partial charge in [0.2, 0.25) is 0 Å². The number of benzene rings is 1. The van der Waals surface area contributed by atoms with Gasteiger partial charge in [0.1, 0.15) is 5.75 Å². The third-order valence-corrected chi connectivity index (χ3v) is 7.01. The zero-order chi connectivity index (χ0) is 29.9. The predicted octanol–water partition coefficient (Wildman–Crippen LogP) is 6.10. The smallest absolute Gasteiger partial charge is 0.181 e. The first kappa shape index (κ1) is 31.6. The molecule has 5 nitrogen and oxygen atoms in total. The van der Waals surface area contributed by atoms with E-state index in [0.717, 1.165) is 56.1 Å². The van der Waals surface area contributed by atoms with Gasteiger partial charge < -0.3 is 15.3 Å². The number of phenolic OH excluding ortho intramolecular Hbond substituents is 1. The van der Waals surface area contributed by atoms with Gasteiger partial charge in [-0.05, 0) is 115 Å². The number of aryl methyl sites for hydroxylation is 1. The maximum Gasteiger partial charge on any atom is 0.181 e. The molecule has 0 fully saturated rings. The lowest BCUT2D eigenvalue weighted by atomic mass is 9.89. The van der Waals surface area contributed by atoms with Crippen LogP contribution in [-0.2, 0) is 16.0 Å². The molecule has 2 unspecified atom stereocenters. The Kier molecular flexibility index (Phi) is 11.3. The highest BCUT2D eigenvalue weighted by Crippen LogP contribution is 2.25. The van der Waals surface area contributed by atoms with Crippen molar-refractivity contribution in [2.75, 3.05) is 0 Å². The first-order chi connectivity index (χ1) is 19.6. The molecule has 0 aliphatic heterocycles. The van der Waals surface area contributed by atoms with Gasteiger partial charge in [0.15, 0.2) is 22.8 Å². The van der Waals surface area contributed by atoms with Gasteiger partial charge in [0, 0.05) is 0 Å². The standard InChI is InChI=1S/C36H40O5/c1-4-7-10-29-24-28(13-14-32(29)37)23-27(15-19-35(40)21-17-33(38)30(25-35)11-8-5-2)16-20-36(41)22-18-34(39)31(26-36)12-9-6-3/h13-14,17-18,21-26,37,40-41H,4-12H2,1-3H3. The van der Waals surface area contributed by atoms with Crippen molar-refractivity contribution in [3.05, 3.63) is 82.5 Å². The second-order valence-electron chi connectivity index (χ2n) is 10.6. The lowest BCUT2D eigenvalue weighted by Gasteiger charge is -2.19. The van der Waals surface area contributed by atoms with E-state index in [-0.39, 0.29) is 17.3 Å². The Bertz CT molecular complexity index is 1350. The van der Waals surface area contributed by atoms with Crippen molar-refractivity contribution in [1.82, 2.24) is 0 Å². The Labute approximate surface area is 244 Å². The quantitative estimate of drug-likeness (QED) is 0.305. The number of aliphatic hydroxyl groups is 2. The average molecular weight is 553 g/mol. The fourth-order valence-corrected chi connectivity index (χ4v) is 4.54. The van der Waals surface area contributed by atoms with Crippen molar-refractivity contribution in [2.45, 2.75) is 89.8 Å². The first-order valence-electron chi connectivity index (χ1n) is 14.6. The Morgan fingerprint density at radius 3 is 1.76 bits per heavy atom. The van der Waals surface area contributed by atoms with Crippen LogP contribution in [0, 0.1) is 23.7 Å². The van der Waals surface area contributed by atoms with Crippen LogP contribution in [-0.4, -0.2) is 38.1 Å². The Hall–Kier alpha value is -3.90. The van der Waals surface area contributed by atoms with E-state index in [1.807, 2.05) is 19.9 Å². The molecular formula is C36H40O5. The summed E-state index contributed by atoms with van der Waals surface area (Å²) in [6.45, 7) is 6.16. The Balaban J connectivity index is 2.05. The normalized spacial score (nSPS) is 21.3. The number of hydrogen-bond donors (Lipinski definition) is 3. The maximum absolute atomic E-state index is 12.3. The molecule has 2 aliphatic carbocycles. The van der Waals surface area contributed by atoms with Gasteiger partial charge in [-0.1, -0.05) is 69.8 Å². The number of carbonyl (C=O) groups excluding carboxylic acids is 2. The number of ketones is 2. The van der Waals surface area contributed by atoms with Crippen LogP contribution >= 0.6 is 0 Å². The maximum atomic E-state index is 12.3. The molecule has 214 valence electrons. The van der Waals surface area contributed by atoms with Crippen LogP contribution in [0.4, 0.5) is 0 Å². The molecule has 1 aromatic carbocycles. The van der Waals surface area contributed by atoms with E-state index in [4.69, 9.17) is 0 Å². The zero-order valence-electron chi connectivity index (χ0n) is 24.3. The summed E-state index contributed by atoms with van der Waals surface area (Å²) in [5, 5.41) is 32.6. The Morgan fingerprint density at radius 1 is 0.780 bits per heavy atom. The van der Waals surface area contributed by atoms with Crippen molar-refractivity contribution in [3.8, 4) is 29.4 Å². The fraction of sp³-hybridized carbons (Fsp3) is 0.389. The second-order valence-corrected chi connectivity index (χ2v) is 10.6. The van der Waals surface area contributed by atoms with Gasteiger partial charge in [-0.15, -0.1) is 0 Å². The summed E-state index contributed by atoms with van der Waals surface area (Å²) < 4.78 is 0. The number of rotatable bonds is 10. The second kappa shape index (κ2) is 14.6. The SMILES string of the molecule is CCCCC1=CC(O)(C#CC(C#CC2(O)C=CC(=O)C(CCCC)=C2)=Cc2ccc(O)c(CCCC)c2)C=CC1=O. The van der Waals surface area contributed by atoms with E-state index in [0.29, 0.717) is 29.6 Å². The monoisotopic (exact) mass is 552 g/mol. The molecule has 2 atom stereocenters. The fourth-order valence-electron chi connectivity index (χ4n) is 4.54. The molecule has 0 saturated heterocycles. The van der Waals surface area contributed by atoms with Crippen LogP contribution in [0.15, 0.2) is 71.4 Å². The molecule has 2 aliphatic rings. The molecule has 5 heteroatoms. The topological polar surface area (TPSA) is 94.8 Å². The van der Waals surface area contributed by atoms with Gasteiger partial charge in [-0.25, -0.2) is 0 Å². The summed E-state index contributed by atoms with van der Waals surface area (Å²) in [6.07, 6.45) is 17.5. The summed E-state index contributed by atoms with van der Waals surface area (Å²) >= 11 is 0. The molecule has 0 spiro atoms. The highest BCUT2D eigenvalue weighted by Gasteiger charge is 2.26. The van der Waals surface area contributed by atoms with Gasteiger partial charge in [0.25, 0.3) is 0 Å². The van der Waals surface area contributed by atoms with Crippen LogP contribution in [0.25, 0.3) is 6.08 Å².